The Labute approximate surface area is 94.1 Å². The Hall–Kier alpha value is -1.03. The van der Waals surface area contributed by atoms with Crippen LogP contribution in [-0.4, -0.2) is 31.4 Å². The summed E-state index contributed by atoms with van der Waals surface area (Å²) in [6.45, 7) is 0.908. The first-order chi connectivity index (χ1) is 7.20. The minimum Gasteiger partial charge on any atom is -0.380 e. The number of carbonyl (C=O) groups is 1. The average Bonchev–Trinajstić information content (AvgIpc) is 2.92. The minimum absolute atomic E-state index is 0.147. The highest BCUT2D eigenvalue weighted by molar-refractivity contribution is 7.17. The van der Waals surface area contributed by atoms with E-state index in [0.29, 0.717) is 0 Å². The molecule has 0 atom stereocenters. The fourth-order valence-corrected chi connectivity index (χ4v) is 2.40. The van der Waals surface area contributed by atoms with Gasteiger partial charge in [-0.25, -0.2) is 0 Å². The van der Waals surface area contributed by atoms with Gasteiger partial charge in [0.25, 0.3) is 5.91 Å². The average molecular weight is 224 g/mol. The Kier molecular flexibility index (Phi) is 2.95. The molecule has 0 aromatic carbocycles. The zero-order chi connectivity index (χ0) is 10.8. The number of amides is 1. The molecule has 1 fully saturated rings. The molecule has 2 rings (SSSR count). The van der Waals surface area contributed by atoms with Crippen molar-refractivity contribution in [3.8, 4) is 0 Å². The summed E-state index contributed by atoms with van der Waals surface area (Å²) in [7, 11) is 3.76. The molecule has 1 saturated carbocycles. The summed E-state index contributed by atoms with van der Waals surface area (Å²) in [6.07, 6.45) is 2.56. The predicted octanol–water partition coefficient (Wildman–Crippen LogP) is 2.27. The Bertz CT molecular complexity index is 357. The fourth-order valence-electron chi connectivity index (χ4n) is 1.55. The van der Waals surface area contributed by atoms with Crippen LogP contribution in [0.3, 0.4) is 0 Å². The van der Waals surface area contributed by atoms with Crippen molar-refractivity contribution in [3.63, 3.8) is 0 Å². The fraction of sp³-hybridized carbons (Fsp3) is 0.545. The molecule has 0 unspecified atom stereocenters. The van der Waals surface area contributed by atoms with Gasteiger partial charge in [-0.1, -0.05) is 0 Å². The topological polar surface area (TPSA) is 32.3 Å². The van der Waals surface area contributed by atoms with Gasteiger partial charge in [-0.3, -0.25) is 4.79 Å². The lowest BCUT2D eigenvalue weighted by atomic mass is 10.3. The Balaban J connectivity index is 1.98. The molecule has 1 N–H and O–H groups in total. The highest BCUT2D eigenvalue weighted by Gasteiger charge is 2.25. The van der Waals surface area contributed by atoms with Crippen LogP contribution < -0.4 is 5.32 Å². The van der Waals surface area contributed by atoms with E-state index in [1.807, 2.05) is 31.1 Å². The molecule has 1 heterocycles. The number of rotatable bonds is 4. The van der Waals surface area contributed by atoms with E-state index >= 15 is 0 Å². The molecule has 0 spiro atoms. The van der Waals surface area contributed by atoms with Crippen LogP contribution in [0.5, 0.6) is 0 Å². The van der Waals surface area contributed by atoms with Gasteiger partial charge in [-0.2, -0.15) is 0 Å². The van der Waals surface area contributed by atoms with Crippen LogP contribution in [0.2, 0.25) is 0 Å². The van der Waals surface area contributed by atoms with Crippen molar-refractivity contribution in [1.29, 1.82) is 0 Å². The molecule has 15 heavy (non-hydrogen) atoms. The summed E-state index contributed by atoms with van der Waals surface area (Å²) in [5, 5.41) is 4.08. The van der Waals surface area contributed by atoms with E-state index < -0.39 is 0 Å². The van der Waals surface area contributed by atoms with E-state index in [1.165, 1.54) is 24.2 Å². The van der Waals surface area contributed by atoms with Crippen molar-refractivity contribution in [1.82, 2.24) is 4.90 Å². The molecular formula is C11H16N2OS. The third-order valence-corrected chi connectivity index (χ3v) is 3.73. The normalized spacial score (nSPS) is 15.1. The first-order valence-electron chi connectivity index (χ1n) is 5.23. The molecule has 1 aliphatic carbocycles. The van der Waals surface area contributed by atoms with Crippen LogP contribution in [0.25, 0.3) is 0 Å². The van der Waals surface area contributed by atoms with Crippen LogP contribution >= 0.6 is 11.3 Å². The van der Waals surface area contributed by atoms with Gasteiger partial charge in [0, 0.05) is 20.6 Å². The van der Waals surface area contributed by atoms with Crippen molar-refractivity contribution in [2.75, 3.05) is 26.0 Å². The van der Waals surface area contributed by atoms with Gasteiger partial charge in [0.2, 0.25) is 0 Å². The summed E-state index contributed by atoms with van der Waals surface area (Å²) < 4.78 is 0. The lowest BCUT2D eigenvalue weighted by Crippen LogP contribution is -2.27. The van der Waals surface area contributed by atoms with Gasteiger partial charge in [-0.05, 0) is 30.9 Å². The zero-order valence-electron chi connectivity index (χ0n) is 9.12. The molecule has 0 bridgehead atoms. The SMILES string of the molecule is CNc1ccc(C(=O)N(C)CC2CC2)s1. The summed E-state index contributed by atoms with van der Waals surface area (Å²) in [5.74, 6) is 0.899. The van der Waals surface area contributed by atoms with Crippen molar-refractivity contribution in [2.24, 2.45) is 5.92 Å². The second-order valence-corrected chi connectivity index (χ2v) is 5.13. The molecule has 1 amide bonds. The smallest absolute Gasteiger partial charge is 0.263 e. The van der Waals surface area contributed by atoms with Gasteiger partial charge in [0.05, 0.1) is 9.88 Å². The first kappa shape index (κ1) is 10.5. The second kappa shape index (κ2) is 4.23. The van der Waals surface area contributed by atoms with Crippen LogP contribution in [0.1, 0.15) is 22.5 Å². The minimum atomic E-state index is 0.147. The lowest BCUT2D eigenvalue weighted by Gasteiger charge is -2.15. The number of hydrogen-bond donors (Lipinski definition) is 1. The quantitative estimate of drug-likeness (QED) is 0.851. The lowest BCUT2D eigenvalue weighted by molar-refractivity contribution is 0.0793. The number of anilines is 1. The van der Waals surface area contributed by atoms with Crippen molar-refractivity contribution in [3.05, 3.63) is 17.0 Å². The molecule has 1 aromatic rings. The highest BCUT2D eigenvalue weighted by atomic mass is 32.1. The van der Waals surface area contributed by atoms with Gasteiger partial charge in [0.15, 0.2) is 0 Å². The van der Waals surface area contributed by atoms with Gasteiger partial charge in [-0.15, -0.1) is 11.3 Å². The van der Waals surface area contributed by atoms with Crippen LogP contribution in [0.4, 0.5) is 5.00 Å². The van der Waals surface area contributed by atoms with Crippen molar-refractivity contribution < 1.29 is 4.79 Å². The van der Waals surface area contributed by atoms with Crippen LogP contribution in [0.15, 0.2) is 12.1 Å². The van der Waals surface area contributed by atoms with E-state index in [4.69, 9.17) is 0 Å². The molecule has 0 radical (unpaired) electrons. The van der Waals surface area contributed by atoms with Crippen LogP contribution in [0, 0.1) is 5.92 Å². The highest BCUT2D eigenvalue weighted by Crippen LogP contribution is 2.30. The third-order valence-electron chi connectivity index (χ3n) is 2.64. The van der Waals surface area contributed by atoms with E-state index in [-0.39, 0.29) is 5.91 Å². The summed E-state index contributed by atoms with van der Waals surface area (Å²) in [6, 6.07) is 3.84. The maximum Gasteiger partial charge on any atom is 0.263 e. The molecule has 0 saturated heterocycles. The molecule has 4 heteroatoms. The van der Waals surface area contributed by atoms with E-state index in [0.717, 1.165) is 22.3 Å². The molecule has 82 valence electrons. The van der Waals surface area contributed by atoms with E-state index in [1.54, 1.807) is 0 Å². The second-order valence-electron chi connectivity index (χ2n) is 4.04. The van der Waals surface area contributed by atoms with Crippen molar-refractivity contribution in [2.45, 2.75) is 12.8 Å². The number of thiophene rings is 1. The molecule has 1 aromatic heterocycles. The summed E-state index contributed by atoms with van der Waals surface area (Å²) in [4.78, 5) is 14.6. The Morgan fingerprint density at radius 1 is 1.60 bits per heavy atom. The maximum absolute atomic E-state index is 11.9. The standard InChI is InChI=1S/C11H16N2OS/c1-12-10-6-5-9(15-10)11(14)13(2)7-8-3-4-8/h5-6,8,12H,3-4,7H2,1-2H3. The number of hydrogen-bond acceptors (Lipinski definition) is 3. The molecular weight excluding hydrogens is 208 g/mol. The largest absolute Gasteiger partial charge is 0.380 e. The number of carbonyl (C=O) groups excluding carboxylic acids is 1. The number of nitrogens with zero attached hydrogens (tertiary/aromatic N) is 1. The third kappa shape index (κ3) is 2.50. The van der Waals surface area contributed by atoms with Crippen LogP contribution in [-0.2, 0) is 0 Å². The molecule has 1 aliphatic rings. The van der Waals surface area contributed by atoms with Gasteiger partial charge < -0.3 is 10.2 Å². The monoisotopic (exact) mass is 224 g/mol. The molecule has 3 nitrogen and oxygen atoms in total. The first-order valence-corrected chi connectivity index (χ1v) is 6.05. The van der Waals surface area contributed by atoms with E-state index in [9.17, 15) is 4.79 Å². The zero-order valence-corrected chi connectivity index (χ0v) is 9.93. The number of nitrogens with one attached hydrogen (secondary N) is 1. The van der Waals surface area contributed by atoms with Crippen molar-refractivity contribution >= 4 is 22.2 Å². The summed E-state index contributed by atoms with van der Waals surface area (Å²) in [5.41, 5.74) is 0. The van der Waals surface area contributed by atoms with Gasteiger partial charge >= 0.3 is 0 Å². The maximum atomic E-state index is 11.9. The molecule has 0 aliphatic heterocycles. The predicted molar refractivity (Wildman–Crippen MR) is 63.6 cm³/mol. The van der Waals surface area contributed by atoms with Gasteiger partial charge in [0.1, 0.15) is 0 Å². The Morgan fingerprint density at radius 2 is 2.33 bits per heavy atom. The van der Waals surface area contributed by atoms with E-state index in [2.05, 4.69) is 5.32 Å². The summed E-state index contributed by atoms with van der Waals surface area (Å²) >= 11 is 1.51. The Morgan fingerprint density at radius 3 is 2.87 bits per heavy atom.